The summed E-state index contributed by atoms with van der Waals surface area (Å²) in [4.78, 5) is 35.4. The number of aliphatic carboxylic acids is 1. The molecular formula is C19H19ClN2O5. The molecule has 0 aliphatic heterocycles. The molecule has 0 fully saturated rings. The fourth-order valence-corrected chi connectivity index (χ4v) is 2.45. The topological polar surface area (TPSA) is 116 Å². The Morgan fingerprint density at radius 3 is 2.07 bits per heavy atom. The minimum absolute atomic E-state index is 0.0118. The summed E-state index contributed by atoms with van der Waals surface area (Å²) in [5, 5.41) is 24.1. The van der Waals surface area contributed by atoms with Crippen LogP contribution in [0.3, 0.4) is 0 Å². The summed E-state index contributed by atoms with van der Waals surface area (Å²) in [6.07, 6.45) is 0.520. The zero-order valence-electron chi connectivity index (χ0n) is 14.3. The number of carbonyl (C=O) groups excluding carboxylic acids is 2. The maximum atomic E-state index is 12.1. The normalized spacial score (nSPS) is 11.4. The highest BCUT2D eigenvalue weighted by Gasteiger charge is 2.20. The van der Waals surface area contributed by atoms with Crippen molar-refractivity contribution < 1.29 is 24.6 Å². The standard InChI is InChI=1S/C19H19ClN2O5/c20-14-7-3-12(4-8-14)17(24)21-11-1-2-16(19(26)27)22-18(25)13-5-9-15(23)10-6-13/h3-10,16,23H,1-2,11H2,(H,21,24)(H,22,25)(H,26,27)/t16-/m0/s1. The molecule has 8 heteroatoms. The molecule has 0 saturated carbocycles. The molecule has 0 spiro atoms. The third kappa shape index (κ3) is 6.31. The van der Waals surface area contributed by atoms with Crippen LogP contribution in [-0.4, -0.2) is 40.6 Å². The molecule has 0 saturated heterocycles. The Hall–Kier alpha value is -3.06. The van der Waals surface area contributed by atoms with Gasteiger partial charge in [-0.3, -0.25) is 9.59 Å². The van der Waals surface area contributed by atoms with Crippen molar-refractivity contribution >= 4 is 29.4 Å². The smallest absolute Gasteiger partial charge is 0.326 e. The number of amides is 2. The van der Waals surface area contributed by atoms with E-state index in [1.807, 2.05) is 0 Å². The van der Waals surface area contributed by atoms with Crippen LogP contribution in [0.1, 0.15) is 33.6 Å². The summed E-state index contributed by atoms with van der Waals surface area (Å²) in [6.45, 7) is 0.264. The number of benzene rings is 2. The first-order valence-corrected chi connectivity index (χ1v) is 8.61. The molecule has 27 heavy (non-hydrogen) atoms. The summed E-state index contributed by atoms with van der Waals surface area (Å²) in [5.41, 5.74) is 0.699. The summed E-state index contributed by atoms with van der Waals surface area (Å²) in [6, 6.07) is 10.8. The first kappa shape index (κ1) is 20.3. The Bertz CT molecular complexity index is 806. The third-order valence-electron chi connectivity index (χ3n) is 3.79. The van der Waals surface area contributed by atoms with Crippen LogP contribution in [0.2, 0.25) is 5.02 Å². The fraction of sp³-hybridized carbons (Fsp3) is 0.211. The van der Waals surface area contributed by atoms with Crippen molar-refractivity contribution in [1.29, 1.82) is 0 Å². The van der Waals surface area contributed by atoms with Crippen LogP contribution in [0.15, 0.2) is 48.5 Å². The molecule has 0 aromatic heterocycles. The van der Waals surface area contributed by atoms with Crippen LogP contribution in [-0.2, 0) is 4.79 Å². The Kier molecular flexibility index (Phi) is 7.19. The molecule has 0 aliphatic carbocycles. The minimum atomic E-state index is -1.16. The zero-order chi connectivity index (χ0) is 19.8. The van der Waals surface area contributed by atoms with E-state index in [1.165, 1.54) is 24.3 Å². The highest BCUT2D eigenvalue weighted by Crippen LogP contribution is 2.11. The molecule has 0 heterocycles. The number of aromatic hydroxyl groups is 1. The number of hydrogen-bond acceptors (Lipinski definition) is 4. The van der Waals surface area contributed by atoms with Crippen molar-refractivity contribution in [2.24, 2.45) is 0 Å². The van der Waals surface area contributed by atoms with E-state index in [0.29, 0.717) is 17.0 Å². The van der Waals surface area contributed by atoms with E-state index in [4.69, 9.17) is 11.6 Å². The number of phenols is 1. The lowest BCUT2D eigenvalue weighted by Crippen LogP contribution is -2.41. The molecule has 2 rings (SSSR count). The van der Waals surface area contributed by atoms with Gasteiger partial charge in [-0.15, -0.1) is 0 Å². The number of carbonyl (C=O) groups is 3. The van der Waals surface area contributed by atoms with E-state index in [2.05, 4.69) is 10.6 Å². The van der Waals surface area contributed by atoms with E-state index in [-0.39, 0.29) is 30.2 Å². The number of carboxylic acid groups (broad SMARTS) is 1. The fourth-order valence-electron chi connectivity index (χ4n) is 2.32. The lowest BCUT2D eigenvalue weighted by atomic mass is 10.1. The molecule has 7 nitrogen and oxygen atoms in total. The van der Waals surface area contributed by atoms with E-state index >= 15 is 0 Å². The molecule has 2 amide bonds. The molecule has 0 aliphatic rings. The minimum Gasteiger partial charge on any atom is -0.508 e. The van der Waals surface area contributed by atoms with Gasteiger partial charge in [0.2, 0.25) is 0 Å². The molecule has 0 radical (unpaired) electrons. The highest BCUT2D eigenvalue weighted by molar-refractivity contribution is 6.30. The van der Waals surface area contributed by atoms with Gasteiger partial charge < -0.3 is 20.8 Å². The maximum absolute atomic E-state index is 12.1. The Labute approximate surface area is 161 Å². The largest absolute Gasteiger partial charge is 0.508 e. The third-order valence-corrected chi connectivity index (χ3v) is 4.05. The van der Waals surface area contributed by atoms with Gasteiger partial charge in [0.15, 0.2) is 0 Å². The van der Waals surface area contributed by atoms with Gasteiger partial charge in [0.25, 0.3) is 11.8 Å². The van der Waals surface area contributed by atoms with Crippen LogP contribution in [0, 0.1) is 0 Å². The molecule has 2 aromatic rings. The SMILES string of the molecule is O=C(NCCC[C@H](NC(=O)c1ccc(O)cc1)C(=O)O)c1ccc(Cl)cc1. The summed E-state index contributed by atoms with van der Waals surface area (Å²) in [5.74, 6) is -1.98. The van der Waals surface area contributed by atoms with Crippen LogP contribution < -0.4 is 10.6 Å². The molecule has 0 unspecified atom stereocenters. The second-order valence-electron chi connectivity index (χ2n) is 5.82. The molecule has 0 bridgehead atoms. The number of hydrogen-bond donors (Lipinski definition) is 4. The number of halogens is 1. The Balaban J connectivity index is 1.81. The van der Waals surface area contributed by atoms with E-state index in [1.54, 1.807) is 24.3 Å². The first-order chi connectivity index (χ1) is 12.9. The lowest BCUT2D eigenvalue weighted by Gasteiger charge is -2.15. The second-order valence-corrected chi connectivity index (χ2v) is 6.25. The Morgan fingerprint density at radius 2 is 1.48 bits per heavy atom. The van der Waals surface area contributed by atoms with Gasteiger partial charge in [0.1, 0.15) is 11.8 Å². The second kappa shape index (κ2) is 9.59. The highest BCUT2D eigenvalue weighted by atomic mass is 35.5. The van der Waals surface area contributed by atoms with Gasteiger partial charge in [0, 0.05) is 22.7 Å². The lowest BCUT2D eigenvalue weighted by molar-refractivity contribution is -0.139. The average molecular weight is 391 g/mol. The van der Waals surface area contributed by atoms with Gasteiger partial charge in [-0.2, -0.15) is 0 Å². The van der Waals surface area contributed by atoms with Crippen molar-refractivity contribution in [2.75, 3.05) is 6.54 Å². The van der Waals surface area contributed by atoms with Crippen molar-refractivity contribution in [3.8, 4) is 5.75 Å². The van der Waals surface area contributed by atoms with Gasteiger partial charge in [0.05, 0.1) is 0 Å². The van der Waals surface area contributed by atoms with Crippen molar-refractivity contribution in [2.45, 2.75) is 18.9 Å². The van der Waals surface area contributed by atoms with Gasteiger partial charge in [-0.05, 0) is 61.4 Å². The molecule has 1 atom stereocenters. The number of nitrogens with one attached hydrogen (secondary N) is 2. The monoisotopic (exact) mass is 390 g/mol. The predicted molar refractivity (Wildman–Crippen MR) is 100 cm³/mol. The number of phenolic OH excluding ortho intramolecular Hbond substituents is 1. The van der Waals surface area contributed by atoms with E-state index in [0.717, 1.165) is 0 Å². The van der Waals surface area contributed by atoms with Crippen LogP contribution in [0.5, 0.6) is 5.75 Å². The molecule has 4 N–H and O–H groups in total. The van der Waals surface area contributed by atoms with Gasteiger partial charge in [-0.1, -0.05) is 11.6 Å². The molecular weight excluding hydrogens is 372 g/mol. The predicted octanol–water partition coefficient (Wildman–Crippen LogP) is 2.44. The number of rotatable bonds is 8. The van der Waals surface area contributed by atoms with Crippen molar-refractivity contribution in [3.05, 3.63) is 64.7 Å². The summed E-state index contributed by atoms with van der Waals surface area (Å²) >= 11 is 5.77. The average Bonchev–Trinajstić information content (AvgIpc) is 2.64. The van der Waals surface area contributed by atoms with Gasteiger partial charge in [-0.25, -0.2) is 4.79 Å². The van der Waals surface area contributed by atoms with Crippen molar-refractivity contribution in [1.82, 2.24) is 10.6 Å². The zero-order valence-corrected chi connectivity index (χ0v) is 15.1. The molecule has 142 valence electrons. The molecule has 2 aromatic carbocycles. The summed E-state index contributed by atoms with van der Waals surface area (Å²) in [7, 11) is 0. The van der Waals surface area contributed by atoms with Gasteiger partial charge >= 0.3 is 5.97 Å². The first-order valence-electron chi connectivity index (χ1n) is 8.23. The summed E-state index contributed by atoms with van der Waals surface area (Å²) < 4.78 is 0. The van der Waals surface area contributed by atoms with Crippen molar-refractivity contribution in [3.63, 3.8) is 0 Å². The Morgan fingerprint density at radius 1 is 0.926 bits per heavy atom. The van der Waals surface area contributed by atoms with E-state index < -0.39 is 17.9 Å². The van der Waals surface area contributed by atoms with E-state index in [9.17, 15) is 24.6 Å². The van der Waals surface area contributed by atoms with Crippen LogP contribution >= 0.6 is 11.6 Å². The quantitative estimate of drug-likeness (QED) is 0.517. The number of carboxylic acids is 1. The van der Waals surface area contributed by atoms with Crippen LogP contribution in [0.4, 0.5) is 0 Å². The van der Waals surface area contributed by atoms with Crippen LogP contribution in [0.25, 0.3) is 0 Å². The maximum Gasteiger partial charge on any atom is 0.326 e.